The van der Waals surface area contributed by atoms with Crippen LogP contribution in [0, 0.1) is 6.92 Å². The van der Waals surface area contributed by atoms with Crippen LogP contribution in [0.5, 0.6) is 0 Å². The first-order valence-electron chi connectivity index (χ1n) is 8.82. The number of carbonyl (C=O) groups excluding carboxylic acids is 1. The number of nitrogens with two attached hydrogens (primary N) is 1. The molecule has 0 aliphatic rings. The average molecular weight is 330 g/mol. The van der Waals surface area contributed by atoms with Crippen LogP contribution >= 0.6 is 0 Å². The molecule has 25 heavy (non-hydrogen) atoms. The van der Waals surface area contributed by atoms with Crippen molar-refractivity contribution < 1.29 is 4.79 Å². The first kappa shape index (κ1) is 15.9. The van der Waals surface area contributed by atoms with E-state index in [1.165, 1.54) is 26.9 Å². The molecule has 0 spiro atoms. The minimum Gasteiger partial charge on any atom is -0.337 e. The average Bonchev–Trinajstić information content (AvgIpc) is 2.59. The summed E-state index contributed by atoms with van der Waals surface area (Å²) in [7, 11) is 0. The van der Waals surface area contributed by atoms with Crippen LogP contribution in [0.25, 0.3) is 32.3 Å². The van der Waals surface area contributed by atoms with E-state index in [2.05, 4.69) is 60.8 Å². The zero-order valence-electron chi connectivity index (χ0n) is 14.6. The number of benzene rings is 4. The van der Waals surface area contributed by atoms with Gasteiger partial charge >= 0.3 is 0 Å². The number of rotatable bonds is 4. The molecule has 4 aromatic carbocycles. The summed E-state index contributed by atoms with van der Waals surface area (Å²) < 4.78 is 0. The standard InChI is InChI=1S/C22H22N2O/c1-3-5-18(25)24-22(23)19-13(2)12-16-9-8-14-6-4-7-15-10-11-17(19)21(16)20(14)15/h4,6-12,22H,3,5,23H2,1-2H3,(H,24,25). The summed E-state index contributed by atoms with van der Waals surface area (Å²) in [5, 5.41) is 10.3. The summed E-state index contributed by atoms with van der Waals surface area (Å²) in [5.74, 6) is 0.0000877. The molecule has 0 aliphatic carbocycles. The van der Waals surface area contributed by atoms with Crippen molar-refractivity contribution >= 4 is 38.2 Å². The summed E-state index contributed by atoms with van der Waals surface area (Å²) in [6.45, 7) is 4.06. The zero-order chi connectivity index (χ0) is 17.6. The minimum absolute atomic E-state index is 0.0000877. The van der Waals surface area contributed by atoms with Crippen LogP contribution in [0.3, 0.4) is 0 Å². The lowest BCUT2D eigenvalue weighted by molar-refractivity contribution is -0.121. The molecule has 1 atom stereocenters. The number of nitrogens with one attached hydrogen (secondary N) is 1. The van der Waals surface area contributed by atoms with Gasteiger partial charge in [-0.3, -0.25) is 4.79 Å². The van der Waals surface area contributed by atoms with Gasteiger partial charge < -0.3 is 11.1 Å². The third-order valence-electron chi connectivity index (χ3n) is 5.00. The van der Waals surface area contributed by atoms with E-state index < -0.39 is 6.17 Å². The minimum atomic E-state index is -0.497. The first-order chi connectivity index (χ1) is 12.1. The molecule has 3 nitrogen and oxygen atoms in total. The van der Waals surface area contributed by atoms with Crippen molar-refractivity contribution in [1.82, 2.24) is 5.32 Å². The van der Waals surface area contributed by atoms with Crippen molar-refractivity contribution in [3.8, 4) is 0 Å². The largest absolute Gasteiger partial charge is 0.337 e. The van der Waals surface area contributed by atoms with E-state index in [-0.39, 0.29) is 5.91 Å². The van der Waals surface area contributed by atoms with Crippen LogP contribution in [0.2, 0.25) is 0 Å². The lowest BCUT2D eigenvalue weighted by Crippen LogP contribution is -2.34. The molecule has 3 heteroatoms. The van der Waals surface area contributed by atoms with E-state index in [4.69, 9.17) is 5.73 Å². The summed E-state index contributed by atoms with van der Waals surface area (Å²) in [5.41, 5.74) is 8.51. The molecule has 0 radical (unpaired) electrons. The van der Waals surface area contributed by atoms with E-state index in [0.29, 0.717) is 6.42 Å². The van der Waals surface area contributed by atoms with E-state index in [1.807, 2.05) is 6.92 Å². The molecule has 0 fully saturated rings. The number of amides is 1. The molecule has 0 aromatic heterocycles. The molecule has 4 aromatic rings. The van der Waals surface area contributed by atoms with Gasteiger partial charge in [-0.1, -0.05) is 55.5 Å². The van der Waals surface area contributed by atoms with E-state index >= 15 is 0 Å². The Morgan fingerprint density at radius 2 is 1.72 bits per heavy atom. The Labute approximate surface area is 147 Å². The molecule has 0 saturated heterocycles. The van der Waals surface area contributed by atoms with E-state index in [1.54, 1.807) is 0 Å². The van der Waals surface area contributed by atoms with Crippen molar-refractivity contribution in [3.05, 3.63) is 59.7 Å². The van der Waals surface area contributed by atoms with Gasteiger partial charge in [-0.05, 0) is 56.8 Å². The molecular weight excluding hydrogens is 308 g/mol. The van der Waals surface area contributed by atoms with Gasteiger partial charge in [-0.25, -0.2) is 0 Å². The van der Waals surface area contributed by atoms with E-state index in [9.17, 15) is 4.79 Å². The molecule has 0 heterocycles. The van der Waals surface area contributed by atoms with Gasteiger partial charge in [0, 0.05) is 6.42 Å². The molecule has 126 valence electrons. The van der Waals surface area contributed by atoms with Gasteiger partial charge in [-0.15, -0.1) is 0 Å². The first-order valence-corrected chi connectivity index (χ1v) is 8.82. The quantitative estimate of drug-likeness (QED) is 0.418. The van der Waals surface area contributed by atoms with Crippen LogP contribution < -0.4 is 11.1 Å². The van der Waals surface area contributed by atoms with Crippen molar-refractivity contribution in [1.29, 1.82) is 0 Å². The molecule has 4 rings (SSSR count). The third kappa shape index (κ3) is 2.52. The summed E-state index contributed by atoms with van der Waals surface area (Å²) in [6, 6.07) is 17.2. The molecular formula is C22H22N2O. The summed E-state index contributed by atoms with van der Waals surface area (Å²) in [4.78, 5) is 12.0. The normalized spacial score (nSPS) is 12.9. The van der Waals surface area contributed by atoms with Crippen LogP contribution in [-0.2, 0) is 4.79 Å². The fourth-order valence-electron chi connectivity index (χ4n) is 3.93. The second-order valence-electron chi connectivity index (χ2n) is 6.76. The monoisotopic (exact) mass is 330 g/mol. The van der Waals surface area contributed by atoms with Gasteiger partial charge in [0.2, 0.25) is 5.91 Å². The second-order valence-corrected chi connectivity index (χ2v) is 6.76. The van der Waals surface area contributed by atoms with Gasteiger partial charge in [0.15, 0.2) is 0 Å². The topological polar surface area (TPSA) is 55.1 Å². The van der Waals surface area contributed by atoms with Gasteiger partial charge in [0.25, 0.3) is 0 Å². The number of hydrogen-bond donors (Lipinski definition) is 2. The lowest BCUT2D eigenvalue weighted by atomic mass is 9.89. The highest BCUT2D eigenvalue weighted by Crippen LogP contribution is 2.38. The van der Waals surface area contributed by atoms with Crippen molar-refractivity contribution in [2.45, 2.75) is 32.9 Å². The van der Waals surface area contributed by atoms with Crippen molar-refractivity contribution in [2.75, 3.05) is 0 Å². The molecule has 0 bridgehead atoms. The fourth-order valence-corrected chi connectivity index (χ4v) is 3.93. The maximum absolute atomic E-state index is 12.0. The maximum atomic E-state index is 12.0. The smallest absolute Gasteiger partial charge is 0.221 e. The summed E-state index contributed by atoms with van der Waals surface area (Å²) in [6.07, 6.45) is 0.817. The number of hydrogen-bond acceptors (Lipinski definition) is 2. The molecule has 1 amide bonds. The zero-order valence-corrected chi connectivity index (χ0v) is 14.6. The highest BCUT2D eigenvalue weighted by Gasteiger charge is 2.18. The Bertz CT molecular complexity index is 1070. The Kier molecular flexibility index (Phi) is 3.81. The van der Waals surface area contributed by atoms with Crippen molar-refractivity contribution in [3.63, 3.8) is 0 Å². The van der Waals surface area contributed by atoms with Crippen molar-refractivity contribution in [2.24, 2.45) is 5.73 Å². The Morgan fingerprint density at radius 1 is 1.04 bits per heavy atom. The van der Waals surface area contributed by atoms with E-state index in [0.717, 1.165) is 22.9 Å². The van der Waals surface area contributed by atoms with Gasteiger partial charge in [0.05, 0.1) is 0 Å². The molecule has 1 unspecified atom stereocenters. The predicted octanol–water partition coefficient (Wildman–Crippen LogP) is 4.77. The van der Waals surface area contributed by atoms with Crippen LogP contribution in [0.4, 0.5) is 0 Å². The SMILES string of the molecule is CCCC(=O)NC(N)c1c(C)cc2ccc3cccc4ccc1c2c34. The van der Waals surface area contributed by atoms with Crippen LogP contribution in [0.1, 0.15) is 37.1 Å². The highest BCUT2D eigenvalue weighted by atomic mass is 16.1. The van der Waals surface area contributed by atoms with Gasteiger partial charge in [-0.2, -0.15) is 0 Å². The summed E-state index contributed by atoms with van der Waals surface area (Å²) >= 11 is 0. The second kappa shape index (κ2) is 6.01. The third-order valence-corrected chi connectivity index (χ3v) is 5.00. The Morgan fingerprint density at radius 3 is 2.44 bits per heavy atom. The Balaban J connectivity index is 1.98. The maximum Gasteiger partial charge on any atom is 0.221 e. The fraction of sp³-hybridized carbons (Fsp3) is 0.227. The molecule has 0 saturated carbocycles. The number of carbonyl (C=O) groups is 1. The van der Waals surface area contributed by atoms with Gasteiger partial charge in [0.1, 0.15) is 6.17 Å². The van der Waals surface area contributed by atoms with Crippen LogP contribution in [0.15, 0.2) is 48.5 Å². The van der Waals surface area contributed by atoms with Crippen LogP contribution in [-0.4, -0.2) is 5.91 Å². The Hall–Kier alpha value is -2.65. The lowest BCUT2D eigenvalue weighted by Gasteiger charge is -2.21. The molecule has 3 N–H and O–H groups in total. The molecule has 0 aliphatic heterocycles. The highest BCUT2D eigenvalue weighted by molar-refractivity contribution is 6.23. The number of aryl methyl sites for hydroxylation is 1. The predicted molar refractivity (Wildman–Crippen MR) is 105 cm³/mol.